The molecule has 2 fully saturated rings. The molecule has 0 aliphatic carbocycles. The van der Waals surface area contributed by atoms with Crippen LogP contribution in [0, 0.1) is 5.41 Å². The summed E-state index contributed by atoms with van der Waals surface area (Å²) in [6.45, 7) is 4.74. The van der Waals surface area contributed by atoms with Crippen molar-refractivity contribution in [2.75, 3.05) is 39.9 Å². The smallest absolute Gasteiger partial charge is 0.233 e. The third kappa shape index (κ3) is 3.72. The van der Waals surface area contributed by atoms with Crippen LogP contribution in [0.1, 0.15) is 19.8 Å². The van der Waals surface area contributed by atoms with Crippen LogP contribution in [-0.4, -0.2) is 68.7 Å². The third-order valence-electron chi connectivity index (χ3n) is 4.61. The molecular formula is C14H26N4O3. The van der Waals surface area contributed by atoms with Crippen LogP contribution >= 0.6 is 0 Å². The fourth-order valence-electron chi connectivity index (χ4n) is 2.79. The van der Waals surface area contributed by atoms with Crippen molar-refractivity contribution in [3.05, 3.63) is 0 Å². The van der Waals surface area contributed by atoms with Crippen molar-refractivity contribution in [3.8, 4) is 0 Å². The standard InChI is InChI=1S/C14H26N4O3/c1-14(9-21-8-11(14)15)13(20)17-10-3-5-18(6-4-10)7-12(19)16-2/h10-11H,3-9,15H2,1-2H3,(H,16,19)(H,17,20). The van der Waals surface area contributed by atoms with Gasteiger partial charge in [-0.05, 0) is 19.8 Å². The highest BCUT2D eigenvalue weighted by molar-refractivity contribution is 5.84. The molecule has 7 heteroatoms. The highest BCUT2D eigenvalue weighted by Crippen LogP contribution is 2.27. The van der Waals surface area contributed by atoms with Crippen LogP contribution in [0.4, 0.5) is 0 Å². The Morgan fingerprint density at radius 3 is 2.57 bits per heavy atom. The second-order valence-electron chi connectivity index (χ2n) is 6.24. The second kappa shape index (κ2) is 6.72. The van der Waals surface area contributed by atoms with Crippen LogP contribution in [0.3, 0.4) is 0 Å². The Bertz CT molecular complexity index is 396. The molecule has 21 heavy (non-hydrogen) atoms. The first-order chi connectivity index (χ1) is 9.95. The monoisotopic (exact) mass is 298 g/mol. The molecule has 0 radical (unpaired) electrons. The van der Waals surface area contributed by atoms with Gasteiger partial charge < -0.3 is 21.1 Å². The number of ether oxygens (including phenoxy) is 1. The molecule has 2 rings (SSSR count). The normalized spacial score (nSPS) is 31.1. The summed E-state index contributed by atoms with van der Waals surface area (Å²) in [7, 11) is 1.64. The average molecular weight is 298 g/mol. The van der Waals surface area contributed by atoms with E-state index in [0.717, 1.165) is 25.9 Å². The Balaban J connectivity index is 1.78. The first kappa shape index (κ1) is 16.2. The Morgan fingerprint density at radius 1 is 1.38 bits per heavy atom. The van der Waals surface area contributed by atoms with E-state index in [0.29, 0.717) is 19.8 Å². The minimum atomic E-state index is -0.626. The summed E-state index contributed by atoms with van der Waals surface area (Å²) in [4.78, 5) is 25.8. The molecule has 2 heterocycles. The topological polar surface area (TPSA) is 96.7 Å². The molecule has 0 spiro atoms. The van der Waals surface area contributed by atoms with E-state index in [9.17, 15) is 9.59 Å². The van der Waals surface area contributed by atoms with E-state index in [1.165, 1.54) is 0 Å². The van der Waals surface area contributed by atoms with E-state index >= 15 is 0 Å². The maximum absolute atomic E-state index is 12.4. The van der Waals surface area contributed by atoms with E-state index < -0.39 is 5.41 Å². The molecule has 2 unspecified atom stereocenters. The van der Waals surface area contributed by atoms with Gasteiger partial charge in [-0.25, -0.2) is 0 Å². The molecule has 0 saturated carbocycles. The van der Waals surface area contributed by atoms with Crippen LogP contribution in [0.15, 0.2) is 0 Å². The third-order valence-corrected chi connectivity index (χ3v) is 4.61. The zero-order valence-electron chi connectivity index (χ0n) is 12.9. The van der Waals surface area contributed by atoms with Gasteiger partial charge in [0.05, 0.1) is 25.2 Å². The van der Waals surface area contributed by atoms with Crippen molar-refractivity contribution in [1.29, 1.82) is 0 Å². The molecule has 2 atom stereocenters. The summed E-state index contributed by atoms with van der Waals surface area (Å²) < 4.78 is 5.32. The molecule has 0 bridgehead atoms. The fraction of sp³-hybridized carbons (Fsp3) is 0.857. The van der Waals surface area contributed by atoms with E-state index in [1.807, 2.05) is 6.92 Å². The van der Waals surface area contributed by atoms with Crippen LogP contribution < -0.4 is 16.4 Å². The summed E-state index contributed by atoms with van der Waals surface area (Å²) >= 11 is 0. The van der Waals surface area contributed by atoms with Gasteiger partial charge in [-0.2, -0.15) is 0 Å². The number of nitrogens with zero attached hydrogens (tertiary/aromatic N) is 1. The van der Waals surface area contributed by atoms with E-state index in [2.05, 4.69) is 15.5 Å². The van der Waals surface area contributed by atoms with Crippen molar-refractivity contribution >= 4 is 11.8 Å². The van der Waals surface area contributed by atoms with Gasteiger partial charge in [0.2, 0.25) is 11.8 Å². The molecule has 2 aliphatic heterocycles. The molecule has 2 saturated heterocycles. The highest BCUT2D eigenvalue weighted by atomic mass is 16.5. The first-order valence-corrected chi connectivity index (χ1v) is 7.53. The predicted molar refractivity (Wildman–Crippen MR) is 78.6 cm³/mol. The summed E-state index contributed by atoms with van der Waals surface area (Å²) in [5, 5.41) is 5.72. The number of hydrogen-bond acceptors (Lipinski definition) is 5. The van der Waals surface area contributed by atoms with Crippen molar-refractivity contribution < 1.29 is 14.3 Å². The second-order valence-corrected chi connectivity index (χ2v) is 6.24. The van der Waals surface area contributed by atoms with Crippen molar-refractivity contribution in [2.45, 2.75) is 31.8 Å². The molecule has 2 aliphatic rings. The van der Waals surface area contributed by atoms with Gasteiger partial charge in [-0.1, -0.05) is 0 Å². The number of piperidine rings is 1. The SMILES string of the molecule is CNC(=O)CN1CCC(NC(=O)C2(C)COCC2N)CC1. The van der Waals surface area contributed by atoms with Crippen LogP contribution in [-0.2, 0) is 14.3 Å². The minimum Gasteiger partial charge on any atom is -0.379 e. The van der Waals surface area contributed by atoms with Crippen molar-refractivity contribution in [1.82, 2.24) is 15.5 Å². The van der Waals surface area contributed by atoms with E-state index in [-0.39, 0.29) is 23.9 Å². The molecule has 120 valence electrons. The van der Waals surface area contributed by atoms with Gasteiger partial charge in [0, 0.05) is 32.2 Å². The number of amides is 2. The quantitative estimate of drug-likeness (QED) is 0.598. The van der Waals surface area contributed by atoms with Gasteiger partial charge >= 0.3 is 0 Å². The number of nitrogens with two attached hydrogens (primary N) is 1. The molecule has 2 amide bonds. The maximum atomic E-state index is 12.4. The molecule has 0 aromatic heterocycles. The summed E-state index contributed by atoms with van der Waals surface area (Å²) in [5.74, 6) is 0.0105. The zero-order valence-corrected chi connectivity index (χ0v) is 12.9. The van der Waals surface area contributed by atoms with Crippen molar-refractivity contribution in [3.63, 3.8) is 0 Å². The maximum Gasteiger partial charge on any atom is 0.233 e. The van der Waals surface area contributed by atoms with E-state index in [1.54, 1.807) is 7.05 Å². The van der Waals surface area contributed by atoms with Gasteiger partial charge in [-0.15, -0.1) is 0 Å². The average Bonchev–Trinajstić information content (AvgIpc) is 2.82. The Kier molecular flexibility index (Phi) is 5.18. The molecule has 0 aromatic rings. The van der Waals surface area contributed by atoms with Crippen LogP contribution in [0.25, 0.3) is 0 Å². The minimum absolute atomic E-state index is 0.0164. The number of rotatable bonds is 4. The number of likely N-dealkylation sites (tertiary alicyclic amines) is 1. The number of likely N-dealkylation sites (N-methyl/N-ethyl adjacent to an activating group) is 1. The molecule has 4 N–H and O–H groups in total. The highest BCUT2D eigenvalue weighted by Gasteiger charge is 2.44. The van der Waals surface area contributed by atoms with E-state index in [4.69, 9.17) is 10.5 Å². The number of carbonyl (C=O) groups excluding carboxylic acids is 2. The summed E-state index contributed by atoms with van der Waals surface area (Å²) in [6, 6.07) is -0.0890. The Morgan fingerprint density at radius 2 is 2.05 bits per heavy atom. The Labute approximate surface area is 125 Å². The number of nitrogens with one attached hydrogen (secondary N) is 2. The van der Waals surface area contributed by atoms with Crippen LogP contribution in [0.2, 0.25) is 0 Å². The molecule has 0 aromatic carbocycles. The Hall–Kier alpha value is -1.18. The van der Waals surface area contributed by atoms with Gasteiger partial charge in [-0.3, -0.25) is 14.5 Å². The van der Waals surface area contributed by atoms with Crippen molar-refractivity contribution in [2.24, 2.45) is 11.1 Å². The first-order valence-electron chi connectivity index (χ1n) is 7.53. The zero-order chi connectivity index (χ0) is 15.5. The van der Waals surface area contributed by atoms with Gasteiger partial charge in [0.15, 0.2) is 0 Å². The fourth-order valence-corrected chi connectivity index (χ4v) is 2.79. The van der Waals surface area contributed by atoms with Gasteiger partial charge in [0.25, 0.3) is 0 Å². The number of hydrogen-bond donors (Lipinski definition) is 3. The van der Waals surface area contributed by atoms with Crippen LogP contribution in [0.5, 0.6) is 0 Å². The lowest BCUT2D eigenvalue weighted by atomic mass is 9.84. The lowest BCUT2D eigenvalue weighted by Crippen LogP contribution is -2.54. The molecular weight excluding hydrogens is 272 g/mol. The molecule has 7 nitrogen and oxygen atoms in total. The predicted octanol–water partition coefficient (Wildman–Crippen LogP) is -1.32. The van der Waals surface area contributed by atoms with Gasteiger partial charge in [0.1, 0.15) is 0 Å². The lowest BCUT2D eigenvalue weighted by Gasteiger charge is -2.34. The largest absolute Gasteiger partial charge is 0.379 e. The summed E-state index contributed by atoms with van der Waals surface area (Å²) in [5.41, 5.74) is 5.35. The summed E-state index contributed by atoms with van der Waals surface area (Å²) in [6.07, 6.45) is 1.71. The lowest BCUT2D eigenvalue weighted by molar-refractivity contribution is -0.132. The number of carbonyl (C=O) groups is 2.